The van der Waals surface area contributed by atoms with E-state index in [2.05, 4.69) is 50.0 Å². The molecule has 2 rings (SSSR count). The second kappa shape index (κ2) is 6.68. The van der Waals surface area contributed by atoms with Crippen LogP contribution in [0, 0.1) is 0 Å². The van der Waals surface area contributed by atoms with Crippen LogP contribution in [0.15, 0.2) is 17.5 Å². The van der Waals surface area contributed by atoms with Crippen molar-refractivity contribution in [1.29, 1.82) is 0 Å². The topological polar surface area (TPSA) is 62.7 Å². The van der Waals surface area contributed by atoms with E-state index in [4.69, 9.17) is 11.6 Å². The van der Waals surface area contributed by atoms with Crippen molar-refractivity contribution in [3.8, 4) is 0 Å². The maximum absolute atomic E-state index is 5.87. The minimum atomic E-state index is 0.191. The van der Waals surface area contributed by atoms with Gasteiger partial charge in [0, 0.05) is 23.9 Å². The normalized spacial score (nSPS) is 12.2. The van der Waals surface area contributed by atoms with Crippen molar-refractivity contribution < 1.29 is 0 Å². The molecule has 0 aliphatic heterocycles. The third-order valence-corrected chi connectivity index (χ3v) is 3.47. The van der Waals surface area contributed by atoms with Gasteiger partial charge in [0.15, 0.2) is 0 Å². The van der Waals surface area contributed by atoms with Crippen LogP contribution < -0.4 is 10.6 Å². The molecule has 102 valence electrons. The van der Waals surface area contributed by atoms with E-state index in [9.17, 15) is 0 Å². The van der Waals surface area contributed by atoms with Crippen LogP contribution in [-0.2, 0) is 6.42 Å². The summed E-state index contributed by atoms with van der Waals surface area (Å²) in [5.74, 6) is 0.994. The molecule has 0 saturated heterocycles. The Labute approximate surface area is 121 Å². The average Bonchev–Trinajstić information content (AvgIpc) is 2.81. The van der Waals surface area contributed by atoms with Crippen molar-refractivity contribution >= 4 is 34.8 Å². The molecule has 2 N–H and O–H groups in total. The quantitative estimate of drug-likeness (QED) is 0.858. The van der Waals surface area contributed by atoms with Crippen molar-refractivity contribution in [1.82, 2.24) is 15.0 Å². The lowest BCUT2D eigenvalue weighted by Gasteiger charge is -2.13. The van der Waals surface area contributed by atoms with Gasteiger partial charge in [-0.15, -0.1) is 11.3 Å². The van der Waals surface area contributed by atoms with Crippen molar-refractivity contribution in [2.75, 3.05) is 17.2 Å². The first-order valence-electron chi connectivity index (χ1n) is 6.11. The molecule has 1 unspecified atom stereocenters. The Morgan fingerprint density at radius 2 is 2.11 bits per heavy atom. The highest BCUT2D eigenvalue weighted by Crippen LogP contribution is 2.14. The molecule has 2 aromatic heterocycles. The molecule has 0 spiro atoms. The molecule has 1 atom stereocenters. The predicted molar refractivity (Wildman–Crippen MR) is 80.1 cm³/mol. The molecule has 0 amide bonds. The Balaban J connectivity index is 2.01. The lowest BCUT2D eigenvalue weighted by Crippen LogP contribution is -2.20. The van der Waals surface area contributed by atoms with Gasteiger partial charge in [-0.25, -0.2) is 0 Å². The van der Waals surface area contributed by atoms with Gasteiger partial charge in [0.05, 0.1) is 0 Å². The van der Waals surface area contributed by atoms with E-state index in [0.29, 0.717) is 11.9 Å². The lowest BCUT2D eigenvalue weighted by atomic mass is 10.2. The molecule has 0 fully saturated rings. The summed E-state index contributed by atoms with van der Waals surface area (Å²) in [6.07, 6.45) is 0.928. The van der Waals surface area contributed by atoms with Crippen molar-refractivity contribution in [2.24, 2.45) is 0 Å². The van der Waals surface area contributed by atoms with E-state index in [-0.39, 0.29) is 11.3 Å². The largest absolute Gasteiger partial charge is 0.354 e. The number of hydrogen-bond donors (Lipinski definition) is 2. The van der Waals surface area contributed by atoms with Crippen LogP contribution in [0.1, 0.15) is 18.7 Å². The van der Waals surface area contributed by atoms with Crippen LogP contribution in [-0.4, -0.2) is 27.5 Å². The van der Waals surface area contributed by atoms with Gasteiger partial charge in [0.25, 0.3) is 0 Å². The van der Waals surface area contributed by atoms with Crippen LogP contribution >= 0.6 is 22.9 Å². The second-order valence-corrected chi connectivity index (χ2v) is 5.48. The van der Waals surface area contributed by atoms with Gasteiger partial charge < -0.3 is 10.6 Å². The summed E-state index contributed by atoms with van der Waals surface area (Å²) >= 11 is 7.62. The third kappa shape index (κ3) is 4.33. The number of halogens is 1. The maximum Gasteiger partial charge on any atom is 0.229 e. The average molecular weight is 298 g/mol. The van der Waals surface area contributed by atoms with Gasteiger partial charge in [-0.05, 0) is 36.9 Å². The van der Waals surface area contributed by atoms with Crippen molar-refractivity contribution in [2.45, 2.75) is 26.3 Å². The summed E-state index contributed by atoms with van der Waals surface area (Å²) in [7, 11) is 0. The molecule has 0 aliphatic rings. The third-order valence-electron chi connectivity index (χ3n) is 2.41. The van der Waals surface area contributed by atoms with E-state index in [1.165, 1.54) is 4.88 Å². The van der Waals surface area contributed by atoms with Crippen LogP contribution in [0.25, 0.3) is 0 Å². The molecular formula is C12H16ClN5S. The maximum atomic E-state index is 5.87. The Bertz CT molecular complexity index is 517. The highest BCUT2D eigenvalue weighted by molar-refractivity contribution is 7.09. The predicted octanol–water partition coefficient (Wildman–Crippen LogP) is 3.06. The molecule has 0 saturated carbocycles. The smallest absolute Gasteiger partial charge is 0.229 e. The van der Waals surface area contributed by atoms with Gasteiger partial charge >= 0.3 is 0 Å². The van der Waals surface area contributed by atoms with Gasteiger partial charge in [-0.2, -0.15) is 15.0 Å². The fraction of sp³-hybridized carbons (Fsp3) is 0.417. The summed E-state index contributed by atoms with van der Waals surface area (Å²) in [4.78, 5) is 13.7. The number of aromatic nitrogens is 3. The molecule has 5 nitrogen and oxygen atoms in total. The molecule has 2 aromatic rings. The Morgan fingerprint density at radius 1 is 1.32 bits per heavy atom. The van der Waals surface area contributed by atoms with Crippen molar-refractivity contribution in [3.63, 3.8) is 0 Å². The highest BCUT2D eigenvalue weighted by Gasteiger charge is 2.09. The van der Waals surface area contributed by atoms with Crippen LogP contribution in [0.3, 0.4) is 0 Å². The highest BCUT2D eigenvalue weighted by atomic mass is 35.5. The molecule has 0 aliphatic carbocycles. The molecule has 0 radical (unpaired) electrons. The fourth-order valence-electron chi connectivity index (χ4n) is 1.65. The first kappa shape index (κ1) is 14.0. The zero-order valence-electron chi connectivity index (χ0n) is 10.9. The summed E-state index contributed by atoms with van der Waals surface area (Å²) in [5.41, 5.74) is 0. The van der Waals surface area contributed by atoms with Crippen LogP contribution in [0.5, 0.6) is 0 Å². The number of rotatable bonds is 6. The van der Waals surface area contributed by atoms with E-state index < -0.39 is 0 Å². The van der Waals surface area contributed by atoms with E-state index in [1.54, 1.807) is 11.3 Å². The number of hydrogen-bond acceptors (Lipinski definition) is 6. The Morgan fingerprint density at radius 3 is 2.79 bits per heavy atom. The standard InChI is InChI=1S/C12H16ClN5S/c1-3-14-11-16-10(13)17-12(18-11)15-8(2)7-9-5-4-6-19-9/h4-6,8H,3,7H2,1-2H3,(H2,14,15,16,17,18). The monoisotopic (exact) mass is 297 g/mol. The molecule has 19 heavy (non-hydrogen) atoms. The Hall–Kier alpha value is -1.40. The van der Waals surface area contributed by atoms with Gasteiger partial charge in [0.1, 0.15) is 0 Å². The van der Waals surface area contributed by atoms with E-state index in [1.807, 2.05) is 6.92 Å². The first-order chi connectivity index (χ1) is 9.17. The zero-order valence-corrected chi connectivity index (χ0v) is 12.4. The molecule has 0 bridgehead atoms. The number of thiophene rings is 1. The van der Waals surface area contributed by atoms with Gasteiger partial charge in [-0.1, -0.05) is 6.07 Å². The number of anilines is 2. The fourth-order valence-corrected chi connectivity index (χ4v) is 2.65. The summed E-state index contributed by atoms with van der Waals surface area (Å²) < 4.78 is 0. The van der Waals surface area contributed by atoms with E-state index in [0.717, 1.165) is 13.0 Å². The lowest BCUT2D eigenvalue weighted by molar-refractivity contribution is 0.783. The Kier molecular flexibility index (Phi) is 4.93. The van der Waals surface area contributed by atoms with Gasteiger partial charge in [-0.3, -0.25) is 0 Å². The zero-order chi connectivity index (χ0) is 13.7. The van der Waals surface area contributed by atoms with E-state index >= 15 is 0 Å². The van der Waals surface area contributed by atoms with Crippen LogP contribution in [0.4, 0.5) is 11.9 Å². The molecule has 2 heterocycles. The SMILES string of the molecule is CCNc1nc(Cl)nc(NC(C)Cc2cccs2)n1. The summed E-state index contributed by atoms with van der Waals surface area (Å²) in [6, 6.07) is 4.40. The second-order valence-electron chi connectivity index (χ2n) is 4.11. The van der Waals surface area contributed by atoms with Gasteiger partial charge in [0.2, 0.25) is 17.2 Å². The number of nitrogens with zero attached hydrogens (tertiary/aromatic N) is 3. The van der Waals surface area contributed by atoms with Crippen LogP contribution in [0.2, 0.25) is 5.28 Å². The minimum Gasteiger partial charge on any atom is -0.354 e. The summed E-state index contributed by atoms with van der Waals surface area (Å²) in [6.45, 7) is 4.80. The number of nitrogens with one attached hydrogen (secondary N) is 2. The molecule has 0 aromatic carbocycles. The molecular weight excluding hydrogens is 282 g/mol. The van der Waals surface area contributed by atoms with Crippen molar-refractivity contribution in [3.05, 3.63) is 27.7 Å². The summed E-state index contributed by atoms with van der Waals surface area (Å²) in [5, 5.41) is 8.53. The minimum absolute atomic E-state index is 0.191. The first-order valence-corrected chi connectivity index (χ1v) is 7.37. The molecule has 7 heteroatoms.